The molecule has 0 unspecified atom stereocenters. The number of aromatic amines is 1. The molecule has 1 aromatic carbocycles. The molecule has 7 nitrogen and oxygen atoms in total. The minimum Gasteiger partial charge on any atom is -0.438 e. The largest absolute Gasteiger partial charge is 0.438 e. The van der Waals surface area contributed by atoms with Crippen LogP contribution in [0.3, 0.4) is 0 Å². The molecule has 11 heteroatoms. The molecule has 0 aliphatic carbocycles. The lowest BCUT2D eigenvalue weighted by atomic mass is 10.0. The Morgan fingerprint density at radius 3 is 2.50 bits per heavy atom. The Morgan fingerprint density at radius 1 is 1.12 bits per heavy atom. The Balaban J connectivity index is 1.99. The summed E-state index contributed by atoms with van der Waals surface area (Å²) in [5, 5.41) is -0.104. The van der Waals surface area contributed by atoms with Gasteiger partial charge in [0.15, 0.2) is 5.43 Å². The number of nitrogens with one attached hydrogen (secondary N) is 1. The van der Waals surface area contributed by atoms with Crippen molar-refractivity contribution in [1.82, 2.24) is 15.0 Å². The number of alkyl halides is 3. The first kappa shape index (κ1) is 22.9. The normalized spacial score (nSPS) is 11.6. The van der Waals surface area contributed by atoms with Gasteiger partial charge in [0.25, 0.3) is 5.91 Å². The lowest BCUT2D eigenvalue weighted by molar-refractivity contribution is -0.138. The molecule has 1 amide bonds. The van der Waals surface area contributed by atoms with Gasteiger partial charge in [-0.2, -0.15) is 13.2 Å². The van der Waals surface area contributed by atoms with Crippen molar-refractivity contribution in [3.63, 3.8) is 0 Å². The monoisotopic (exact) mass is 472 g/mol. The molecule has 0 aliphatic rings. The van der Waals surface area contributed by atoms with Crippen LogP contribution in [0, 0.1) is 19.7 Å². The number of aromatic nitrogens is 3. The van der Waals surface area contributed by atoms with Crippen LogP contribution in [0.25, 0.3) is 22.2 Å². The number of hydrogen-bond donors (Lipinski definition) is 2. The van der Waals surface area contributed by atoms with Gasteiger partial charge in [-0.25, -0.2) is 9.37 Å². The van der Waals surface area contributed by atoms with E-state index >= 15 is 0 Å². The van der Waals surface area contributed by atoms with Crippen LogP contribution in [0.15, 0.2) is 47.5 Å². The number of pyridine rings is 3. The number of aryl methyl sites for hydroxylation is 1. The molecule has 4 rings (SSSR count). The van der Waals surface area contributed by atoms with Gasteiger partial charge in [-0.3, -0.25) is 14.6 Å². The van der Waals surface area contributed by atoms with Crippen LogP contribution in [-0.4, -0.2) is 20.9 Å². The summed E-state index contributed by atoms with van der Waals surface area (Å²) in [4.78, 5) is 35.0. The Bertz CT molecular complexity index is 1510. The molecule has 0 saturated carbocycles. The number of amides is 1. The van der Waals surface area contributed by atoms with Crippen LogP contribution in [0.2, 0.25) is 0 Å². The van der Waals surface area contributed by atoms with Gasteiger partial charge in [0.05, 0.1) is 27.7 Å². The number of fused-ring (bicyclic) bond motifs is 1. The third-order valence-corrected chi connectivity index (χ3v) is 5.20. The molecule has 174 valence electrons. The van der Waals surface area contributed by atoms with E-state index in [4.69, 9.17) is 10.5 Å². The molecule has 0 spiro atoms. The summed E-state index contributed by atoms with van der Waals surface area (Å²) in [6.07, 6.45) is -2.86. The van der Waals surface area contributed by atoms with E-state index < -0.39 is 28.9 Å². The van der Waals surface area contributed by atoms with E-state index in [0.717, 1.165) is 12.1 Å². The van der Waals surface area contributed by atoms with Crippen molar-refractivity contribution in [3.05, 3.63) is 81.2 Å². The predicted octanol–water partition coefficient (Wildman–Crippen LogP) is 4.65. The van der Waals surface area contributed by atoms with Gasteiger partial charge in [-0.1, -0.05) is 0 Å². The van der Waals surface area contributed by atoms with E-state index in [-0.39, 0.29) is 45.0 Å². The van der Waals surface area contributed by atoms with Crippen LogP contribution in [-0.2, 0) is 6.18 Å². The number of H-pyrrole nitrogens is 1. The van der Waals surface area contributed by atoms with Crippen molar-refractivity contribution in [2.45, 2.75) is 20.0 Å². The van der Waals surface area contributed by atoms with Crippen LogP contribution in [0.1, 0.15) is 27.2 Å². The Hall–Kier alpha value is -4.28. The second-order valence-electron chi connectivity index (χ2n) is 7.48. The number of ether oxygens (including phenoxy) is 1. The molecule has 4 aromatic rings. The van der Waals surface area contributed by atoms with Gasteiger partial charge in [0, 0.05) is 18.5 Å². The highest BCUT2D eigenvalue weighted by molar-refractivity contribution is 6.03. The first-order valence-electron chi connectivity index (χ1n) is 9.80. The molecule has 3 N–H and O–H groups in total. The van der Waals surface area contributed by atoms with Crippen LogP contribution >= 0.6 is 0 Å². The predicted molar refractivity (Wildman–Crippen MR) is 115 cm³/mol. The number of carbonyl (C=O) groups excluding carboxylic acids is 1. The second kappa shape index (κ2) is 8.25. The van der Waals surface area contributed by atoms with Gasteiger partial charge in [0.1, 0.15) is 17.3 Å². The van der Waals surface area contributed by atoms with E-state index in [1.54, 1.807) is 6.92 Å². The van der Waals surface area contributed by atoms with Crippen LogP contribution < -0.4 is 15.9 Å². The fourth-order valence-corrected chi connectivity index (χ4v) is 3.61. The van der Waals surface area contributed by atoms with Crippen molar-refractivity contribution in [1.29, 1.82) is 0 Å². The zero-order valence-electron chi connectivity index (χ0n) is 17.7. The van der Waals surface area contributed by atoms with E-state index in [1.165, 1.54) is 31.3 Å². The average molecular weight is 472 g/mol. The highest BCUT2D eigenvalue weighted by Crippen LogP contribution is 2.41. The molecule has 0 bridgehead atoms. The van der Waals surface area contributed by atoms with Crippen molar-refractivity contribution in [2.24, 2.45) is 5.73 Å². The topological polar surface area (TPSA) is 111 Å². The van der Waals surface area contributed by atoms with Crippen molar-refractivity contribution < 1.29 is 27.1 Å². The molecule has 3 heterocycles. The van der Waals surface area contributed by atoms with Gasteiger partial charge in [-0.15, -0.1) is 0 Å². The smallest absolute Gasteiger partial charge is 0.418 e. The molecule has 0 atom stereocenters. The maximum atomic E-state index is 13.6. The van der Waals surface area contributed by atoms with Gasteiger partial charge in [0.2, 0.25) is 5.88 Å². The minimum absolute atomic E-state index is 0.0371. The summed E-state index contributed by atoms with van der Waals surface area (Å²) < 4.78 is 60.1. The third-order valence-electron chi connectivity index (χ3n) is 5.20. The number of benzene rings is 1. The zero-order chi connectivity index (χ0) is 24.8. The Kier molecular flexibility index (Phi) is 5.56. The second-order valence-corrected chi connectivity index (χ2v) is 7.48. The Morgan fingerprint density at radius 2 is 1.85 bits per heavy atom. The average Bonchev–Trinajstić information content (AvgIpc) is 2.74. The first-order valence-corrected chi connectivity index (χ1v) is 9.80. The summed E-state index contributed by atoms with van der Waals surface area (Å²) in [6, 6.07) is 6.05. The van der Waals surface area contributed by atoms with E-state index in [9.17, 15) is 27.2 Å². The fourth-order valence-electron chi connectivity index (χ4n) is 3.61. The number of nitrogens with two attached hydrogens (primary N) is 1. The summed E-state index contributed by atoms with van der Waals surface area (Å²) in [7, 11) is 0. The van der Waals surface area contributed by atoms with Crippen molar-refractivity contribution in [2.75, 3.05) is 0 Å². The van der Waals surface area contributed by atoms with E-state index in [0.29, 0.717) is 11.8 Å². The molecule has 0 aliphatic heterocycles. The molecular formula is C23H16F4N4O3. The quantitative estimate of drug-likeness (QED) is 0.420. The Labute approximate surface area is 189 Å². The highest BCUT2D eigenvalue weighted by Gasteiger charge is 2.35. The lowest BCUT2D eigenvalue weighted by Gasteiger charge is -2.18. The highest BCUT2D eigenvalue weighted by atomic mass is 19.4. The zero-order valence-corrected chi connectivity index (χ0v) is 17.7. The van der Waals surface area contributed by atoms with Gasteiger partial charge >= 0.3 is 6.18 Å². The summed E-state index contributed by atoms with van der Waals surface area (Å²) in [5.41, 5.74) is 3.39. The summed E-state index contributed by atoms with van der Waals surface area (Å²) >= 11 is 0. The first-order chi connectivity index (χ1) is 16.0. The lowest BCUT2D eigenvalue weighted by Crippen LogP contribution is -2.18. The molecule has 0 radical (unpaired) electrons. The van der Waals surface area contributed by atoms with Crippen molar-refractivity contribution in [3.8, 4) is 22.9 Å². The molecule has 34 heavy (non-hydrogen) atoms. The van der Waals surface area contributed by atoms with Gasteiger partial charge in [-0.05, 0) is 49.2 Å². The molecule has 0 fully saturated rings. The summed E-state index contributed by atoms with van der Waals surface area (Å²) in [5.74, 6) is -1.52. The molecule has 0 saturated heterocycles. The molecule has 3 aromatic heterocycles. The van der Waals surface area contributed by atoms with Crippen LogP contribution in [0.4, 0.5) is 17.6 Å². The van der Waals surface area contributed by atoms with E-state index in [1.807, 2.05) is 0 Å². The number of primary amides is 1. The summed E-state index contributed by atoms with van der Waals surface area (Å²) in [6.45, 7) is 2.78. The molecular weight excluding hydrogens is 456 g/mol. The van der Waals surface area contributed by atoms with Crippen LogP contribution in [0.5, 0.6) is 11.6 Å². The number of hydrogen-bond acceptors (Lipinski definition) is 5. The maximum absolute atomic E-state index is 13.6. The standard InChI is InChI=1S/C23H16F4N4O3/c1-10-7-12(24)3-4-17(10)34-22-18(11(2)13(9-30-22)23(25,26)27)15-8-16(32)19-14(31-15)5-6-29-20(19)21(28)33/h3-9H,1-2H3,(H2,28,33)(H,31,32). The number of carbonyl (C=O) groups is 1. The number of rotatable bonds is 4. The number of halogens is 4. The minimum atomic E-state index is -4.73. The fraction of sp³-hybridized carbons (Fsp3) is 0.130. The third kappa shape index (κ3) is 4.07. The number of nitrogens with zero attached hydrogens (tertiary/aromatic N) is 2. The van der Waals surface area contributed by atoms with E-state index in [2.05, 4.69) is 15.0 Å². The SMILES string of the molecule is Cc1cc(F)ccc1Oc1ncc(C(F)(F)F)c(C)c1-c1cc(=O)c2c(C(N)=O)nccc2[nH]1. The van der Waals surface area contributed by atoms with Gasteiger partial charge < -0.3 is 15.5 Å². The maximum Gasteiger partial charge on any atom is 0.418 e. The van der Waals surface area contributed by atoms with Crippen molar-refractivity contribution >= 4 is 16.8 Å².